The molecule has 120 valence electrons. The maximum atomic E-state index is 12.0. The lowest BCUT2D eigenvalue weighted by atomic mass is 10.1. The quantitative estimate of drug-likeness (QED) is 0.833. The number of esters is 1. The average Bonchev–Trinajstić information content (AvgIpc) is 2.55. The Kier molecular flexibility index (Phi) is 5.88. The first-order valence-corrected chi connectivity index (χ1v) is 7.21. The summed E-state index contributed by atoms with van der Waals surface area (Å²) >= 11 is 0. The summed E-state index contributed by atoms with van der Waals surface area (Å²) in [6.45, 7) is 1.69. The molecule has 2 aromatic rings. The van der Waals surface area contributed by atoms with Crippen LogP contribution in [-0.4, -0.2) is 25.6 Å². The second-order valence-corrected chi connectivity index (χ2v) is 5.04. The Hall–Kier alpha value is -2.66. The van der Waals surface area contributed by atoms with Crippen LogP contribution in [0.2, 0.25) is 0 Å². The van der Waals surface area contributed by atoms with E-state index in [9.17, 15) is 9.59 Å². The van der Waals surface area contributed by atoms with Gasteiger partial charge in [-0.05, 0) is 30.2 Å². The highest BCUT2D eigenvalue weighted by Crippen LogP contribution is 2.19. The molecule has 0 aliphatic carbocycles. The van der Waals surface area contributed by atoms with Gasteiger partial charge >= 0.3 is 5.97 Å². The van der Waals surface area contributed by atoms with Crippen molar-refractivity contribution in [2.24, 2.45) is 0 Å². The first-order chi connectivity index (χ1) is 11.1. The number of anilines is 1. The molecule has 1 N–H and O–H groups in total. The summed E-state index contributed by atoms with van der Waals surface area (Å²) < 4.78 is 10.2. The van der Waals surface area contributed by atoms with Crippen LogP contribution in [0.3, 0.4) is 0 Å². The van der Waals surface area contributed by atoms with Gasteiger partial charge in [-0.2, -0.15) is 0 Å². The van der Waals surface area contributed by atoms with Gasteiger partial charge in [0.2, 0.25) is 5.91 Å². The molecule has 0 spiro atoms. The van der Waals surface area contributed by atoms with E-state index in [1.54, 1.807) is 30.3 Å². The van der Waals surface area contributed by atoms with Gasteiger partial charge < -0.3 is 14.8 Å². The van der Waals surface area contributed by atoms with Crippen LogP contribution in [0.1, 0.15) is 17.2 Å². The zero-order valence-corrected chi connectivity index (χ0v) is 13.1. The van der Waals surface area contributed by atoms with Gasteiger partial charge in [0.25, 0.3) is 0 Å². The van der Waals surface area contributed by atoms with E-state index < -0.39 is 12.1 Å². The Morgan fingerprint density at radius 3 is 2.48 bits per heavy atom. The minimum Gasteiger partial charge on any atom is -0.467 e. The molecule has 5 nitrogen and oxygen atoms in total. The largest absolute Gasteiger partial charge is 0.467 e. The molecule has 0 radical (unpaired) electrons. The lowest BCUT2D eigenvalue weighted by Gasteiger charge is -2.16. The Bertz CT molecular complexity index is 670. The van der Waals surface area contributed by atoms with Crippen LogP contribution in [0, 0.1) is 6.92 Å². The van der Waals surface area contributed by atoms with Crippen LogP contribution in [0.4, 0.5) is 5.69 Å². The zero-order valence-electron chi connectivity index (χ0n) is 13.1. The zero-order chi connectivity index (χ0) is 16.7. The van der Waals surface area contributed by atoms with Crippen LogP contribution in [0.5, 0.6) is 0 Å². The highest BCUT2D eigenvalue weighted by Gasteiger charge is 2.23. The molecular weight excluding hydrogens is 294 g/mol. The van der Waals surface area contributed by atoms with Crippen molar-refractivity contribution < 1.29 is 19.1 Å². The van der Waals surface area contributed by atoms with Gasteiger partial charge in [-0.15, -0.1) is 0 Å². The first-order valence-electron chi connectivity index (χ1n) is 7.21. The standard InChI is InChI=1S/C18H19NO4/c1-13-7-6-10-15(11-13)19-16(20)12-23-17(18(21)22-2)14-8-4-3-5-9-14/h3-11,17H,12H2,1-2H3,(H,19,20). The lowest BCUT2D eigenvalue weighted by Crippen LogP contribution is -2.24. The number of hydrogen-bond acceptors (Lipinski definition) is 4. The molecule has 2 rings (SSSR count). The molecule has 2 aromatic carbocycles. The molecule has 1 unspecified atom stereocenters. The van der Waals surface area contributed by atoms with Crippen molar-refractivity contribution in [2.45, 2.75) is 13.0 Å². The summed E-state index contributed by atoms with van der Waals surface area (Å²) in [7, 11) is 1.29. The molecule has 1 atom stereocenters. The van der Waals surface area contributed by atoms with Crippen molar-refractivity contribution in [1.29, 1.82) is 0 Å². The predicted octanol–water partition coefficient (Wildman–Crippen LogP) is 2.86. The van der Waals surface area contributed by atoms with Crippen molar-refractivity contribution in [2.75, 3.05) is 19.0 Å². The molecule has 0 bridgehead atoms. The second-order valence-electron chi connectivity index (χ2n) is 5.04. The van der Waals surface area contributed by atoms with Crippen LogP contribution in [0.25, 0.3) is 0 Å². The Labute approximate surface area is 135 Å². The third-order valence-corrected chi connectivity index (χ3v) is 3.20. The molecule has 0 saturated carbocycles. The molecule has 0 fully saturated rings. The van der Waals surface area contributed by atoms with Crippen LogP contribution in [0.15, 0.2) is 54.6 Å². The minimum atomic E-state index is -0.926. The summed E-state index contributed by atoms with van der Waals surface area (Å²) in [6.07, 6.45) is -0.926. The van der Waals surface area contributed by atoms with Crippen molar-refractivity contribution in [3.05, 3.63) is 65.7 Å². The highest BCUT2D eigenvalue weighted by molar-refractivity contribution is 5.92. The Morgan fingerprint density at radius 2 is 1.83 bits per heavy atom. The number of aryl methyl sites for hydroxylation is 1. The summed E-state index contributed by atoms with van der Waals surface area (Å²) in [5.74, 6) is -0.875. The molecule has 0 aliphatic heterocycles. The maximum absolute atomic E-state index is 12.0. The fourth-order valence-corrected chi connectivity index (χ4v) is 2.11. The first kappa shape index (κ1) is 16.7. The number of methoxy groups -OCH3 is 1. The van der Waals surface area contributed by atoms with Gasteiger partial charge in [0.1, 0.15) is 6.61 Å². The summed E-state index contributed by atoms with van der Waals surface area (Å²) in [4.78, 5) is 23.8. The van der Waals surface area contributed by atoms with E-state index in [1.165, 1.54) is 7.11 Å². The number of carbonyl (C=O) groups excluding carboxylic acids is 2. The number of rotatable bonds is 6. The number of nitrogens with one attached hydrogen (secondary N) is 1. The maximum Gasteiger partial charge on any atom is 0.339 e. The van der Waals surface area contributed by atoms with Gasteiger partial charge in [-0.25, -0.2) is 4.79 Å². The van der Waals surface area contributed by atoms with Crippen molar-refractivity contribution in [1.82, 2.24) is 0 Å². The fourth-order valence-electron chi connectivity index (χ4n) is 2.11. The molecule has 0 saturated heterocycles. The van der Waals surface area contributed by atoms with Gasteiger partial charge in [0.15, 0.2) is 6.10 Å². The van der Waals surface area contributed by atoms with Crippen LogP contribution >= 0.6 is 0 Å². The van der Waals surface area contributed by atoms with Gasteiger partial charge in [0.05, 0.1) is 7.11 Å². The smallest absolute Gasteiger partial charge is 0.339 e. The van der Waals surface area contributed by atoms with E-state index in [2.05, 4.69) is 5.32 Å². The summed E-state index contributed by atoms with van der Waals surface area (Å²) in [5, 5.41) is 2.73. The van der Waals surface area contributed by atoms with Crippen LogP contribution in [-0.2, 0) is 19.1 Å². The molecule has 23 heavy (non-hydrogen) atoms. The van der Waals surface area contributed by atoms with Gasteiger partial charge in [-0.1, -0.05) is 42.5 Å². The molecule has 5 heteroatoms. The van der Waals surface area contributed by atoms with E-state index in [0.717, 1.165) is 5.56 Å². The number of ether oxygens (including phenoxy) is 2. The van der Waals surface area contributed by atoms with E-state index in [0.29, 0.717) is 11.3 Å². The van der Waals surface area contributed by atoms with Crippen molar-refractivity contribution >= 4 is 17.6 Å². The molecule has 0 aliphatic rings. The van der Waals surface area contributed by atoms with Crippen LogP contribution < -0.4 is 5.32 Å². The summed E-state index contributed by atoms with van der Waals surface area (Å²) in [6, 6.07) is 16.4. The van der Waals surface area contributed by atoms with Gasteiger partial charge in [0, 0.05) is 5.69 Å². The predicted molar refractivity (Wildman–Crippen MR) is 87.0 cm³/mol. The number of hydrogen-bond donors (Lipinski definition) is 1. The van der Waals surface area contributed by atoms with E-state index in [4.69, 9.17) is 9.47 Å². The fraction of sp³-hybridized carbons (Fsp3) is 0.222. The van der Waals surface area contributed by atoms with E-state index >= 15 is 0 Å². The third-order valence-electron chi connectivity index (χ3n) is 3.20. The SMILES string of the molecule is COC(=O)C(OCC(=O)Nc1cccc(C)c1)c1ccccc1. The number of amides is 1. The van der Waals surface area contributed by atoms with E-state index in [1.807, 2.05) is 31.2 Å². The minimum absolute atomic E-state index is 0.247. The molecule has 1 amide bonds. The van der Waals surface area contributed by atoms with Crippen molar-refractivity contribution in [3.8, 4) is 0 Å². The van der Waals surface area contributed by atoms with Gasteiger partial charge in [-0.3, -0.25) is 4.79 Å². The molecule has 0 heterocycles. The Balaban J connectivity index is 1.98. The second kappa shape index (κ2) is 8.10. The van der Waals surface area contributed by atoms with E-state index in [-0.39, 0.29) is 12.5 Å². The normalized spacial score (nSPS) is 11.6. The average molecular weight is 313 g/mol. The van der Waals surface area contributed by atoms with Crippen molar-refractivity contribution in [3.63, 3.8) is 0 Å². The monoisotopic (exact) mass is 313 g/mol. The molecular formula is C18H19NO4. The third kappa shape index (κ3) is 4.93. The number of benzene rings is 2. The lowest BCUT2D eigenvalue weighted by molar-refractivity contribution is -0.155. The number of carbonyl (C=O) groups is 2. The summed E-state index contributed by atoms with van der Waals surface area (Å²) in [5.41, 5.74) is 2.37. The topological polar surface area (TPSA) is 64.6 Å². The Morgan fingerprint density at radius 1 is 1.09 bits per heavy atom. The highest BCUT2D eigenvalue weighted by atomic mass is 16.6. The molecule has 0 aromatic heterocycles.